The van der Waals surface area contributed by atoms with Crippen molar-refractivity contribution in [1.82, 2.24) is 20.6 Å². The predicted molar refractivity (Wildman–Crippen MR) is 157 cm³/mol. The van der Waals surface area contributed by atoms with Crippen LogP contribution in [0.4, 0.5) is 22.0 Å². The molecule has 2 aromatic carbocycles. The van der Waals surface area contributed by atoms with Crippen LogP contribution in [0.2, 0.25) is 10.0 Å². The summed E-state index contributed by atoms with van der Waals surface area (Å²) in [5, 5.41) is 6.28. The lowest BCUT2D eigenvalue weighted by Gasteiger charge is -2.30. The number of fused-ring (bicyclic) bond motifs is 1. The largest absolute Gasteiger partial charge is 0.487 e. The highest BCUT2D eigenvalue weighted by molar-refractivity contribution is 6.36. The van der Waals surface area contributed by atoms with Gasteiger partial charge in [-0.3, -0.25) is 9.59 Å². The smallest absolute Gasteiger partial charge is 0.391 e. The predicted octanol–water partition coefficient (Wildman–Crippen LogP) is 7.62. The molecule has 1 aliphatic carbocycles. The van der Waals surface area contributed by atoms with E-state index in [1.54, 1.807) is 32.9 Å². The lowest BCUT2D eigenvalue weighted by atomic mass is 9.85. The molecule has 1 fully saturated rings. The van der Waals surface area contributed by atoms with Crippen molar-refractivity contribution in [1.29, 1.82) is 0 Å². The standard InChI is InChI=1S/C30H33Cl2F5N4O3/c1-29(2,3)28(43)38-13-15-4-9-20(31)18(26(15)32)11-25-40-21-10-19(23(12-22(21)41-25)44-14-24(33)34)27(42)39-17-7-5-16(6-8-17)30(35,36)37/h4,9-10,12,16-17,24H,5-8,11,13-14H2,1-3H3,(H,38,43)(H,39,42)(H,40,41). The van der Waals surface area contributed by atoms with Gasteiger partial charge in [0.2, 0.25) is 5.91 Å². The van der Waals surface area contributed by atoms with Gasteiger partial charge < -0.3 is 20.4 Å². The number of carbonyl (C=O) groups is 2. The number of carbonyl (C=O) groups excluding carboxylic acids is 2. The van der Waals surface area contributed by atoms with Crippen LogP contribution in [0.1, 0.15) is 73.8 Å². The molecule has 2 amide bonds. The molecule has 14 heteroatoms. The zero-order chi connectivity index (χ0) is 32.4. The molecule has 0 radical (unpaired) electrons. The highest BCUT2D eigenvalue weighted by atomic mass is 35.5. The highest BCUT2D eigenvalue weighted by Crippen LogP contribution is 2.38. The van der Waals surface area contributed by atoms with Crippen molar-refractivity contribution in [3.05, 3.63) is 56.8 Å². The normalized spacial score (nSPS) is 17.6. The Balaban J connectivity index is 1.56. The Morgan fingerprint density at radius 3 is 2.39 bits per heavy atom. The van der Waals surface area contributed by atoms with E-state index in [-0.39, 0.29) is 55.9 Å². The van der Waals surface area contributed by atoms with Gasteiger partial charge in [-0.15, -0.1) is 0 Å². The minimum Gasteiger partial charge on any atom is -0.487 e. The Bertz CT molecular complexity index is 1510. The quantitative estimate of drug-likeness (QED) is 0.205. The van der Waals surface area contributed by atoms with Gasteiger partial charge >= 0.3 is 6.18 Å². The molecule has 0 unspecified atom stereocenters. The van der Waals surface area contributed by atoms with Gasteiger partial charge in [0.15, 0.2) is 0 Å². The van der Waals surface area contributed by atoms with Crippen molar-refractivity contribution < 1.29 is 36.3 Å². The molecule has 0 atom stereocenters. The maximum atomic E-state index is 13.2. The summed E-state index contributed by atoms with van der Waals surface area (Å²) in [5.41, 5.74) is 1.26. The maximum Gasteiger partial charge on any atom is 0.391 e. The fourth-order valence-electron chi connectivity index (χ4n) is 5.00. The van der Waals surface area contributed by atoms with Crippen LogP contribution in [0.15, 0.2) is 24.3 Å². The van der Waals surface area contributed by atoms with Gasteiger partial charge in [-0.25, -0.2) is 13.8 Å². The Hall–Kier alpha value is -3.12. The Morgan fingerprint density at radius 1 is 1.09 bits per heavy atom. The molecule has 0 spiro atoms. The lowest BCUT2D eigenvalue weighted by molar-refractivity contribution is -0.182. The summed E-state index contributed by atoms with van der Waals surface area (Å²) in [6, 6.07) is 5.63. The monoisotopic (exact) mass is 662 g/mol. The van der Waals surface area contributed by atoms with E-state index in [1.165, 1.54) is 12.1 Å². The number of alkyl halides is 5. The van der Waals surface area contributed by atoms with Crippen LogP contribution in [-0.2, 0) is 17.8 Å². The number of aromatic nitrogens is 2. The minimum absolute atomic E-state index is 0.0565. The van der Waals surface area contributed by atoms with Crippen LogP contribution in [-0.4, -0.2) is 47.0 Å². The summed E-state index contributed by atoms with van der Waals surface area (Å²) in [6.45, 7) is 4.59. The maximum absolute atomic E-state index is 13.2. The second kappa shape index (κ2) is 13.5. The third kappa shape index (κ3) is 8.32. The number of H-pyrrole nitrogens is 1. The lowest BCUT2D eigenvalue weighted by Crippen LogP contribution is -2.40. The van der Waals surface area contributed by atoms with E-state index in [9.17, 15) is 31.5 Å². The topological polar surface area (TPSA) is 96.1 Å². The van der Waals surface area contributed by atoms with Crippen molar-refractivity contribution >= 4 is 46.0 Å². The van der Waals surface area contributed by atoms with Gasteiger partial charge in [-0.2, -0.15) is 13.2 Å². The molecule has 7 nitrogen and oxygen atoms in total. The van der Waals surface area contributed by atoms with Crippen molar-refractivity contribution in [2.24, 2.45) is 11.3 Å². The van der Waals surface area contributed by atoms with Gasteiger partial charge in [-0.1, -0.05) is 50.0 Å². The van der Waals surface area contributed by atoms with Crippen LogP contribution >= 0.6 is 23.2 Å². The number of hydrogen-bond acceptors (Lipinski definition) is 4. The van der Waals surface area contributed by atoms with E-state index in [1.807, 2.05) is 0 Å². The molecule has 3 N–H and O–H groups in total. The van der Waals surface area contributed by atoms with Gasteiger partial charge in [0, 0.05) is 35.5 Å². The first-order valence-electron chi connectivity index (χ1n) is 14.1. The first-order valence-corrected chi connectivity index (χ1v) is 14.8. The van der Waals surface area contributed by atoms with Crippen LogP contribution in [0.3, 0.4) is 0 Å². The number of benzene rings is 2. The average Bonchev–Trinajstić information content (AvgIpc) is 3.33. The van der Waals surface area contributed by atoms with Crippen LogP contribution in [0.25, 0.3) is 11.0 Å². The first-order chi connectivity index (χ1) is 20.5. The molecule has 1 aliphatic rings. The van der Waals surface area contributed by atoms with Gasteiger partial charge in [-0.05, 0) is 48.9 Å². The second-order valence-electron chi connectivity index (χ2n) is 11.9. The number of aromatic amines is 1. The summed E-state index contributed by atoms with van der Waals surface area (Å²) in [5.74, 6) is -1.95. The SMILES string of the molecule is CC(C)(C)C(=O)NCc1ccc(Cl)c(Cc2nc3cc(OCC(F)F)c(C(=O)NC4CCC(C(F)(F)F)CC4)cc3[nH]2)c1Cl. The number of nitrogens with one attached hydrogen (secondary N) is 3. The Labute approximate surface area is 261 Å². The number of rotatable bonds is 9. The number of nitrogens with zero attached hydrogens (tertiary/aromatic N) is 1. The van der Waals surface area contributed by atoms with E-state index < -0.39 is 42.5 Å². The molecule has 0 saturated heterocycles. The molecule has 1 heterocycles. The zero-order valence-corrected chi connectivity index (χ0v) is 25.8. The summed E-state index contributed by atoms with van der Waals surface area (Å²) in [4.78, 5) is 33.1. The summed E-state index contributed by atoms with van der Waals surface area (Å²) >= 11 is 13.1. The summed E-state index contributed by atoms with van der Waals surface area (Å²) in [7, 11) is 0. The fraction of sp³-hybridized carbons (Fsp3) is 0.500. The van der Waals surface area contributed by atoms with E-state index in [0.29, 0.717) is 38.0 Å². The molecule has 3 aromatic rings. The van der Waals surface area contributed by atoms with Gasteiger partial charge in [0.1, 0.15) is 18.2 Å². The van der Waals surface area contributed by atoms with E-state index in [2.05, 4.69) is 20.6 Å². The van der Waals surface area contributed by atoms with Crippen LogP contribution in [0.5, 0.6) is 5.75 Å². The second-order valence-corrected chi connectivity index (χ2v) is 12.7. The van der Waals surface area contributed by atoms with Crippen LogP contribution < -0.4 is 15.4 Å². The minimum atomic E-state index is -4.29. The summed E-state index contributed by atoms with van der Waals surface area (Å²) < 4.78 is 70.4. The van der Waals surface area contributed by atoms with E-state index in [0.717, 1.165) is 0 Å². The van der Waals surface area contributed by atoms with E-state index >= 15 is 0 Å². The number of amides is 2. The molecular weight excluding hydrogens is 630 g/mol. The van der Waals surface area contributed by atoms with Crippen molar-refractivity contribution in [3.8, 4) is 5.75 Å². The number of imidazole rings is 1. The molecule has 0 aliphatic heterocycles. The van der Waals surface area contributed by atoms with E-state index in [4.69, 9.17) is 27.9 Å². The van der Waals surface area contributed by atoms with Crippen LogP contribution in [0, 0.1) is 11.3 Å². The zero-order valence-electron chi connectivity index (χ0n) is 24.3. The highest BCUT2D eigenvalue weighted by Gasteiger charge is 2.41. The van der Waals surface area contributed by atoms with Crippen molar-refractivity contribution in [2.45, 2.75) is 78.1 Å². The molecule has 1 aromatic heterocycles. The molecular formula is C30H33Cl2F5N4O3. The first kappa shape index (κ1) is 33.8. The number of halogens is 7. The van der Waals surface area contributed by atoms with Crippen molar-refractivity contribution in [2.75, 3.05) is 6.61 Å². The Kier molecular flexibility index (Phi) is 10.3. The number of hydrogen-bond donors (Lipinski definition) is 3. The van der Waals surface area contributed by atoms with Crippen molar-refractivity contribution in [3.63, 3.8) is 0 Å². The average molecular weight is 664 g/mol. The molecule has 44 heavy (non-hydrogen) atoms. The molecule has 4 rings (SSSR count). The third-order valence-corrected chi connectivity index (χ3v) is 8.32. The molecule has 240 valence electrons. The van der Waals surface area contributed by atoms with Gasteiger partial charge in [0.25, 0.3) is 12.3 Å². The molecule has 0 bridgehead atoms. The fourth-order valence-corrected chi connectivity index (χ4v) is 5.58. The summed E-state index contributed by atoms with van der Waals surface area (Å²) in [6.07, 6.45) is -6.89. The number of ether oxygens (including phenoxy) is 1. The molecule has 1 saturated carbocycles. The third-order valence-electron chi connectivity index (χ3n) is 7.50. The van der Waals surface area contributed by atoms with Gasteiger partial charge in [0.05, 0.1) is 27.5 Å². The Morgan fingerprint density at radius 2 is 1.77 bits per heavy atom.